The number of nitrogens with one attached hydrogen (secondary N) is 2. The van der Waals surface area contributed by atoms with E-state index in [1.807, 2.05) is 0 Å². The van der Waals surface area contributed by atoms with Crippen LogP contribution in [0.5, 0.6) is 11.5 Å². The molecule has 0 saturated heterocycles. The average molecular weight is 482 g/mol. The van der Waals surface area contributed by atoms with Crippen molar-refractivity contribution >= 4 is 52.4 Å². The average Bonchev–Trinajstić information content (AvgIpc) is 2.71. The second kappa shape index (κ2) is 9.56. The first-order valence-electron chi connectivity index (χ1n) is 8.97. The summed E-state index contributed by atoms with van der Waals surface area (Å²) in [6.45, 7) is 3.40. The van der Waals surface area contributed by atoms with E-state index >= 15 is 0 Å². The van der Waals surface area contributed by atoms with E-state index in [0.717, 1.165) is 6.07 Å². The second-order valence-electron chi connectivity index (χ2n) is 6.57. The molecule has 0 unspecified atom stereocenters. The van der Waals surface area contributed by atoms with Crippen molar-refractivity contribution in [2.75, 3.05) is 5.32 Å². The molecule has 0 aliphatic carbocycles. The number of imide groups is 1. The highest BCUT2D eigenvalue weighted by molar-refractivity contribution is 6.35. The topological polar surface area (TPSA) is 67.4 Å². The number of aryl methyl sites for hydroxylation is 1. The van der Waals surface area contributed by atoms with E-state index in [1.165, 1.54) is 18.2 Å². The van der Waals surface area contributed by atoms with Gasteiger partial charge in [0.2, 0.25) is 0 Å². The fourth-order valence-electron chi connectivity index (χ4n) is 2.74. The molecular formula is C22H16Cl3FN2O3. The van der Waals surface area contributed by atoms with Crippen LogP contribution in [0.1, 0.15) is 21.5 Å². The van der Waals surface area contributed by atoms with E-state index in [1.54, 1.807) is 38.1 Å². The van der Waals surface area contributed by atoms with Gasteiger partial charge in [0.25, 0.3) is 5.91 Å². The van der Waals surface area contributed by atoms with Gasteiger partial charge in [0.05, 0.1) is 15.6 Å². The molecule has 0 heterocycles. The van der Waals surface area contributed by atoms with Crippen LogP contribution < -0.4 is 15.4 Å². The molecule has 0 spiro atoms. The number of urea groups is 1. The summed E-state index contributed by atoms with van der Waals surface area (Å²) in [5, 5.41) is 5.67. The number of carbonyl (C=O) groups excluding carboxylic acids is 2. The highest BCUT2D eigenvalue weighted by Gasteiger charge is 2.19. The van der Waals surface area contributed by atoms with Gasteiger partial charge in [-0.2, -0.15) is 0 Å². The van der Waals surface area contributed by atoms with Crippen LogP contribution in [0.4, 0.5) is 14.9 Å². The zero-order valence-corrected chi connectivity index (χ0v) is 18.6. The number of ether oxygens (including phenoxy) is 1. The Morgan fingerprint density at radius 2 is 1.71 bits per heavy atom. The molecule has 160 valence electrons. The first kappa shape index (κ1) is 22.9. The largest absolute Gasteiger partial charge is 0.454 e. The molecule has 0 bridgehead atoms. The molecule has 0 atom stereocenters. The van der Waals surface area contributed by atoms with Crippen LogP contribution in [0.15, 0.2) is 48.5 Å². The van der Waals surface area contributed by atoms with Crippen LogP contribution in [-0.4, -0.2) is 11.9 Å². The number of amides is 3. The van der Waals surface area contributed by atoms with Gasteiger partial charge in [0, 0.05) is 16.8 Å². The van der Waals surface area contributed by atoms with Gasteiger partial charge in [-0.15, -0.1) is 0 Å². The van der Waals surface area contributed by atoms with E-state index in [0.29, 0.717) is 38.4 Å². The highest BCUT2D eigenvalue weighted by atomic mass is 35.5. The van der Waals surface area contributed by atoms with Crippen LogP contribution in [0.2, 0.25) is 15.1 Å². The minimum atomic E-state index is -0.869. The van der Waals surface area contributed by atoms with E-state index in [2.05, 4.69) is 10.6 Å². The third-order valence-corrected chi connectivity index (χ3v) is 5.35. The molecule has 2 N–H and O–H groups in total. The smallest absolute Gasteiger partial charge is 0.326 e. The summed E-state index contributed by atoms with van der Waals surface area (Å²) in [4.78, 5) is 24.4. The molecule has 0 aliphatic rings. The Hall–Kier alpha value is -2.80. The maximum atomic E-state index is 13.7. The van der Waals surface area contributed by atoms with E-state index in [-0.39, 0.29) is 10.6 Å². The summed E-state index contributed by atoms with van der Waals surface area (Å²) in [7, 11) is 0. The summed E-state index contributed by atoms with van der Waals surface area (Å²) in [6.07, 6.45) is 0. The number of rotatable bonds is 4. The Morgan fingerprint density at radius 1 is 1.00 bits per heavy atom. The summed E-state index contributed by atoms with van der Waals surface area (Å²) in [5.41, 5.74) is 1.20. The molecule has 9 heteroatoms. The lowest BCUT2D eigenvalue weighted by Crippen LogP contribution is -2.35. The fraction of sp³-hybridized carbons (Fsp3) is 0.0909. The van der Waals surface area contributed by atoms with Crippen LogP contribution >= 0.6 is 34.8 Å². The van der Waals surface area contributed by atoms with Gasteiger partial charge in [0.1, 0.15) is 17.3 Å². The number of hydrogen-bond acceptors (Lipinski definition) is 3. The number of carbonyl (C=O) groups is 2. The molecule has 0 radical (unpaired) electrons. The number of hydrogen-bond donors (Lipinski definition) is 2. The number of halogens is 4. The Morgan fingerprint density at radius 3 is 2.42 bits per heavy atom. The molecule has 3 rings (SSSR count). The van der Waals surface area contributed by atoms with Gasteiger partial charge in [-0.05, 0) is 55.3 Å². The Bertz CT molecular complexity index is 1180. The molecular weight excluding hydrogens is 466 g/mol. The van der Waals surface area contributed by atoms with Crippen molar-refractivity contribution in [2.24, 2.45) is 0 Å². The summed E-state index contributed by atoms with van der Waals surface area (Å²) in [5.74, 6) is -0.931. The Labute approximate surface area is 193 Å². The van der Waals surface area contributed by atoms with Crippen LogP contribution in [0, 0.1) is 19.7 Å². The first-order valence-corrected chi connectivity index (χ1v) is 10.1. The lowest BCUT2D eigenvalue weighted by molar-refractivity contribution is 0.0963. The van der Waals surface area contributed by atoms with Gasteiger partial charge in [-0.1, -0.05) is 46.9 Å². The highest BCUT2D eigenvalue weighted by Crippen LogP contribution is 2.41. The SMILES string of the molecule is Cc1cc(NC(=O)NC(=O)c2ccccc2F)c(C)c(Cl)c1Oc1cc(Cl)ccc1Cl. The van der Waals surface area contributed by atoms with Crippen LogP contribution in [0.3, 0.4) is 0 Å². The third-order valence-electron chi connectivity index (χ3n) is 4.35. The monoisotopic (exact) mass is 480 g/mol. The van der Waals surface area contributed by atoms with Crippen molar-refractivity contribution in [3.63, 3.8) is 0 Å². The molecule has 31 heavy (non-hydrogen) atoms. The zero-order chi connectivity index (χ0) is 22.7. The molecule has 0 fully saturated rings. The summed E-state index contributed by atoms with van der Waals surface area (Å²) in [6, 6.07) is 10.9. The molecule has 5 nitrogen and oxygen atoms in total. The molecule has 0 saturated carbocycles. The molecule has 0 aliphatic heterocycles. The van der Waals surface area contributed by atoms with Crippen molar-refractivity contribution in [1.82, 2.24) is 5.32 Å². The number of benzene rings is 3. The van der Waals surface area contributed by atoms with Gasteiger partial charge in [-0.25, -0.2) is 9.18 Å². The van der Waals surface area contributed by atoms with Crippen molar-refractivity contribution in [3.05, 3.63) is 86.1 Å². The van der Waals surface area contributed by atoms with Crippen molar-refractivity contribution in [3.8, 4) is 11.5 Å². The molecule has 0 aromatic heterocycles. The normalized spacial score (nSPS) is 10.5. The lowest BCUT2D eigenvalue weighted by Gasteiger charge is -2.17. The zero-order valence-electron chi connectivity index (χ0n) is 16.4. The Balaban J connectivity index is 1.80. The standard InChI is InChI=1S/C22H16Cl3FN2O3/c1-11-9-17(27-22(30)28-21(29)14-5-3-4-6-16(14)26)12(2)19(25)20(11)31-18-10-13(23)7-8-15(18)24/h3-10H,1-2H3,(H2,27,28,29,30). The van der Waals surface area contributed by atoms with E-state index in [4.69, 9.17) is 39.5 Å². The summed E-state index contributed by atoms with van der Waals surface area (Å²) >= 11 is 18.6. The van der Waals surface area contributed by atoms with Crippen LogP contribution in [0.25, 0.3) is 0 Å². The van der Waals surface area contributed by atoms with Gasteiger partial charge >= 0.3 is 6.03 Å². The predicted molar refractivity (Wildman–Crippen MR) is 120 cm³/mol. The maximum absolute atomic E-state index is 13.7. The minimum Gasteiger partial charge on any atom is -0.454 e. The summed E-state index contributed by atoms with van der Waals surface area (Å²) < 4.78 is 19.6. The Kier molecular flexibility index (Phi) is 7.05. The third kappa shape index (κ3) is 5.28. The predicted octanol–water partition coefficient (Wildman–Crippen LogP) is 7.16. The maximum Gasteiger partial charge on any atom is 0.326 e. The van der Waals surface area contributed by atoms with Gasteiger partial charge in [0.15, 0.2) is 0 Å². The van der Waals surface area contributed by atoms with Crippen molar-refractivity contribution < 1.29 is 18.7 Å². The number of anilines is 1. The molecule has 3 aromatic carbocycles. The quantitative estimate of drug-likeness (QED) is 0.415. The lowest BCUT2D eigenvalue weighted by atomic mass is 10.1. The molecule has 3 aromatic rings. The fourth-order valence-corrected chi connectivity index (χ4v) is 3.35. The van der Waals surface area contributed by atoms with Gasteiger partial charge in [-0.3, -0.25) is 10.1 Å². The minimum absolute atomic E-state index is 0.242. The molecule has 3 amide bonds. The van der Waals surface area contributed by atoms with Gasteiger partial charge < -0.3 is 10.1 Å². The van der Waals surface area contributed by atoms with E-state index in [9.17, 15) is 14.0 Å². The van der Waals surface area contributed by atoms with Crippen molar-refractivity contribution in [2.45, 2.75) is 13.8 Å². The first-order chi connectivity index (χ1) is 14.7. The second-order valence-corrected chi connectivity index (χ2v) is 7.80. The van der Waals surface area contributed by atoms with Crippen molar-refractivity contribution in [1.29, 1.82) is 0 Å². The van der Waals surface area contributed by atoms with Crippen LogP contribution in [-0.2, 0) is 0 Å². The van der Waals surface area contributed by atoms with E-state index < -0.39 is 17.8 Å².